The number of likely N-dealkylation sites (tertiary alicyclic amines) is 2. The van der Waals surface area contributed by atoms with Crippen molar-refractivity contribution in [3.8, 4) is 0 Å². The summed E-state index contributed by atoms with van der Waals surface area (Å²) in [6.07, 6.45) is 5.14. The number of nitrogens with zero attached hydrogens (tertiary/aromatic N) is 3. The molecule has 1 aromatic rings. The number of pyridine rings is 1. The van der Waals surface area contributed by atoms with Gasteiger partial charge >= 0.3 is 6.03 Å². The summed E-state index contributed by atoms with van der Waals surface area (Å²) >= 11 is 0. The van der Waals surface area contributed by atoms with Gasteiger partial charge in [0, 0.05) is 42.8 Å². The van der Waals surface area contributed by atoms with Crippen LogP contribution in [0.4, 0.5) is 10.6 Å². The number of carbonyl (C=O) groups is 2. The molecule has 4 N–H and O–H groups in total. The number of hydrogen-bond donors (Lipinski definition) is 3. The Balaban J connectivity index is 1.43. The minimum Gasteiger partial charge on any atom is -0.384 e. The fourth-order valence-electron chi connectivity index (χ4n) is 4.53. The van der Waals surface area contributed by atoms with Gasteiger partial charge in [0.15, 0.2) is 0 Å². The van der Waals surface area contributed by atoms with E-state index in [4.69, 9.17) is 5.73 Å². The zero-order valence-electron chi connectivity index (χ0n) is 19.4. The molecule has 8 heteroatoms. The molecule has 1 unspecified atom stereocenters. The summed E-state index contributed by atoms with van der Waals surface area (Å²) in [5.41, 5.74) is 6.74. The molecule has 0 aromatic carbocycles. The van der Waals surface area contributed by atoms with Crippen molar-refractivity contribution in [3.63, 3.8) is 0 Å². The second-order valence-corrected chi connectivity index (χ2v) is 9.95. The van der Waals surface area contributed by atoms with Crippen LogP contribution >= 0.6 is 0 Å². The van der Waals surface area contributed by atoms with E-state index in [-0.39, 0.29) is 35.5 Å². The van der Waals surface area contributed by atoms with Crippen LogP contribution in [0.1, 0.15) is 65.0 Å². The summed E-state index contributed by atoms with van der Waals surface area (Å²) < 4.78 is 0. The van der Waals surface area contributed by atoms with Gasteiger partial charge in [0.05, 0.1) is 0 Å². The van der Waals surface area contributed by atoms with Crippen molar-refractivity contribution >= 4 is 17.8 Å². The Kier molecular flexibility index (Phi) is 7.41. The highest BCUT2D eigenvalue weighted by Crippen LogP contribution is 2.28. The number of aromatic nitrogens is 1. The van der Waals surface area contributed by atoms with Crippen molar-refractivity contribution in [2.24, 2.45) is 5.92 Å². The third kappa shape index (κ3) is 6.56. The first-order valence-electron chi connectivity index (χ1n) is 11.5. The molecule has 0 radical (unpaired) electrons. The van der Waals surface area contributed by atoms with Gasteiger partial charge in [0.1, 0.15) is 5.82 Å². The van der Waals surface area contributed by atoms with Crippen molar-refractivity contribution < 1.29 is 9.59 Å². The lowest BCUT2D eigenvalue weighted by Gasteiger charge is -2.39. The van der Waals surface area contributed by atoms with Crippen LogP contribution in [-0.2, 0) is 4.79 Å². The lowest BCUT2D eigenvalue weighted by Crippen LogP contribution is -2.53. The molecule has 0 bridgehead atoms. The first kappa shape index (κ1) is 23.3. The highest BCUT2D eigenvalue weighted by molar-refractivity contribution is 5.79. The Morgan fingerprint density at radius 2 is 1.77 bits per heavy atom. The minimum atomic E-state index is -0.253. The van der Waals surface area contributed by atoms with E-state index in [0.29, 0.717) is 18.9 Å². The average molecular weight is 431 g/mol. The number of rotatable bonds is 4. The lowest BCUT2D eigenvalue weighted by atomic mass is 9.92. The number of carbonyl (C=O) groups excluding carboxylic acids is 2. The van der Waals surface area contributed by atoms with E-state index in [9.17, 15) is 9.59 Å². The maximum atomic E-state index is 13.0. The summed E-state index contributed by atoms with van der Waals surface area (Å²) in [7, 11) is 0. The number of nitrogens with two attached hydrogens (primary N) is 1. The topological polar surface area (TPSA) is 104 Å². The second kappa shape index (κ2) is 9.85. The van der Waals surface area contributed by atoms with Gasteiger partial charge in [-0.25, -0.2) is 9.78 Å². The van der Waals surface area contributed by atoms with Gasteiger partial charge in [-0.15, -0.1) is 0 Å². The number of anilines is 1. The Morgan fingerprint density at radius 1 is 1.13 bits per heavy atom. The molecule has 3 rings (SSSR count). The summed E-state index contributed by atoms with van der Waals surface area (Å²) in [5, 5.41) is 5.98. The predicted molar refractivity (Wildman–Crippen MR) is 122 cm³/mol. The molecule has 0 aliphatic carbocycles. The molecule has 2 saturated heterocycles. The van der Waals surface area contributed by atoms with Crippen molar-refractivity contribution in [1.29, 1.82) is 0 Å². The number of piperidine rings is 2. The number of nitrogen functional groups attached to an aromatic ring is 1. The van der Waals surface area contributed by atoms with E-state index in [1.807, 2.05) is 37.8 Å². The minimum absolute atomic E-state index is 0.0969. The van der Waals surface area contributed by atoms with Gasteiger partial charge in [0.25, 0.3) is 0 Å². The van der Waals surface area contributed by atoms with Crippen molar-refractivity contribution in [2.45, 2.75) is 71.0 Å². The van der Waals surface area contributed by atoms with Gasteiger partial charge in [-0.05, 0) is 84.2 Å². The van der Waals surface area contributed by atoms with E-state index in [2.05, 4.69) is 27.4 Å². The first-order chi connectivity index (χ1) is 14.6. The van der Waals surface area contributed by atoms with Crippen LogP contribution in [0.25, 0.3) is 0 Å². The molecule has 172 valence electrons. The van der Waals surface area contributed by atoms with Gasteiger partial charge in [0.2, 0.25) is 5.91 Å². The zero-order chi connectivity index (χ0) is 22.6. The quantitative estimate of drug-likeness (QED) is 0.681. The molecule has 1 atom stereocenters. The monoisotopic (exact) mass is 430 g/mol. The summed E-state index contributed by atoms with van der Waals surface area (Å²) in [4.78, 5) is 33.6. The molecule has 31 heavy (non-hydrogen) atoms. The molecule has 8 nitrogen and oxygen atoms in total. The molecule has 0 spiro atoms. The van der Waals surface area contributed by atoms with E-state index in [1.165, 1.54) is 5.56 Å². The molecular formula is C23H38N6O2. The third-order valence-electron chi connectivity index (χ3n) is 6.34. The molecule has 2 aliphatic rings. The van der Waals surface area contributed by atoms with Gasteiger partial charge in [-0.3, -0.25) is 9.69 Å². The molecule has 2 aliphatic heterocycles. The molecule has 3 amide bonds. The normalized spacial score (nSPS) is 20.3. The van der Waals surface area contributed by atoms with Crippen molar-refractivity contribution in [3.05, 3.63) is 23.9 Å². The summed E-state index contributed by atoms with van der Waals surface area (Å²) in [6.45, 7) is 11.3. The molecular weight excluding hydrogens is 392 g/mol. The standard InChI is InChI=1S/C23H38N6O2/c1-16(18-5-10-25-20(24)15-18)28-11-6-17(7-12-28)21(30)29-13-8-19(9-14-29)26-22(31)27-23(2,3)4/h5,10,15-17,19H,6-9,11-14H2,1-4H3,(H2,24,25)(H2,26,27,31). The number of nitrogens with one attached hydrogen (secondary N) is 2. The molecule has 3 heterocycles. The summed E-state index contributed by atoms with van der Waals surface area (Å²) in [5.74, 6) is 0.918. The molecule has 1 aromatic heterocycles. The fourth-order valence-corrected chi connectivity index (χ4v) is 4.53. The molecule has 0 saturated carbocycles. The van der Waals surface area contributed by atoms with Gasteiger partial charge < -0.3 is 21.3 Å². The van der Waals surface area contributed by atoms with E-state index in [1.54, 1.807) is 6.20 Å². The first-order valence-corrected chi connectivity index (χ1v) is 11.5. The zero-order valence-corrected chi connectivity index (χ0v) is 19.4. The Morgan fingerprint density at radius 3 is 2.35 bits per heavy atom. The van der Waals surface area contributed by atoms with Crippen LogP contribution in [0.5, 0.6) is 0 Å². The smallest absolute Gasteiger partial charge is 0.315 e. The number of urea groups is 1. The van der Waals surface area contributed by atoms with Crippen molar-refractivity contribution in [1.82, 2.24) is 25.4 Å². The van der Waals surface area contributed by atoms with E-state index >= 15 is 0 Å². The summed E-state index contributed by atoms with van der Waals surface area (Å²) in [6, 6.07) is 4.21. The van der Waals surface area contributed by atoms with Gasteiger partial charge in [-0.1, -0.05) is 0 Å². The van der Waals surface area contributed by atoms with Crippen molar-refractivity contribution in [2.75, 3.05) is 31.9 Å². The maximum absolute atomic E-state index is 13.0. The predicted octanol–water partition coefficient (Wildman–Crippen LogP) is 2.53. The fraction of sp³-hybridized carbons (Fsp3) is 0.696. The Bertz CT molecular complexity index is 762. The lowest BCUT2D eigenvalue weighted by molar-refractivity contribution is -0.138. The Labute approximate surface area is 185 Å². The van der Waals surface area contributed by atoms with Crippen LogP contribution in [0.3, 0.4) is 0 Å². The number of hydrogen-bond acceptors (Lipinski definition) is 5. The van der Waals surface area contributed by atoms with Crippen LogP contribution in [0.2, 0.25) is 0 Å². The third-order valence-corrected chi connectivity index (χ3v) is 6.34. The highest BCUT2D eigenvalue weighted by atomic mass is 16.2. The molecule has 2 fully saturated rings. The number of amides is 3. The van der Waals surface area contributed by atoms with Crippen LogP contribution in [0.15, 0.2) is 18.3 Å². The van der Waals surface area contributed by atoms with Gasteiger partial charge in [-0.2, -0.15) is 0 Å². The largest absolute Gasteiger partial charge is 0.384 e. The van der Waals surface area contributed by atoms with E-state index in [0.717, 1.165) is 38.8 Å². The SMILES string of the molecule is CC(c1ccnc(N)c1)N1CCC(C(=O)N2CCC(NC(=O)NC(C)(C)C)CC2)CC1. The highest BCUT2D eigenvalue weighted by Gasteiger charge is 2.32. The maximum Gasteiger partial charge on any atom is 0.315 e. The van der Waals surface area contributed by atoms with Crippen LogP contribution in [0, 0.1) is 5.92 Å². The second-order valence-electron chi connectivity index (χ2n) is 9.95. The average Bonchev–Trinajstić information content (AvgIpc) is 2.72. The van der Waals surface area contributed by atoms with Crippen LogP contribution in [-0.4, -0.2) is 64.5 Å². The van der Waals surface area contributed by atoms with Crippen LogP contribution < -0.4 is 16.4 Å². The van der Waals surface area contributed by atoms with E-state index < -0.39 is 0 Å². The Hall–Kier alpha value is -2.35.